The maximum atomic E-state index is 12.9. The standard InChI is InChI=1S/C18H17NO/c20-18(16-14-11-6-7-12(9-11)15(14)16)13-5-1-3-10-4-2-8-19-17(10)13/h1-5,8,11-12,14-16H,6-7,9H2. The summed E-state index contributed by atoms with van der Waals surface area (Å²) in [5.74, 6) is 3.79. The van der Waals surface area contributed by atoms with Crippen molar-refractivity contribution in [2.75, 3.05) is 0 Å². The van der Waals surface area contributed by atoms with Crippen LogP contribution in [-0.4, -0.2) is 10.8 Å². The van der Waals surface area contributed by atoms with Gasteiger partial charge in [-0.15, -0.1) is 0 Å². The number of aromatic nitrogens is 1. The van der Waals surface area contributed by atoms with Gasteiger partial charge >= 0.3 is 0 Å². The van der Waals surface area contributed by atoms with Gasteiger partial charge in [0.05, 0.1) is 5.52 Å². The maximum Gasteiger partial charge on any atom is 0.168 e. The molecule has 3 fully saturated rings. The van der Waals surface area contributed by atoms with Crippen molar-refractivity contribution in [2.24, 2.45) is 29.6 Å². The molecule has 2 heteroatoms. The van der Waals surface area contributed by atoms with E-state index in [0.29, 0.717) is 23.5 Å². The molecule has 1 aromatic heterocycles. The number of hydrogen-bond acceptors (Lipinski definition) is 2. The van der Waals surface area contributed by atoms with E-state index in [9.17, 15) is 4.79 Å². The van der Waals surface area contributed by atoms with Gasteiger partial charge in [-0.2, -0.15) is 0 Å². The lowest BCUT2D eigenvalue weighted by Crippen LogP contribution is -2.10. The molecule has 2 aromatic rings. The predicted molar refractivity (Wildman–Crippen MR) is 77.4 cm³/mol. The van der Waals surface area contributed by atoms with Crippen LogP contribution < -0.4 is 0 Å². The zero-order valence-electron chi connectivity index (χ0n) is 11.3. The van der Waals surface area contributed by atoms with Crippen LogP contribution in [0.25, 0.3) is 10.9 Å². The fraction of sp³-hybridized carbons (Fsp3) is 0.444. The highest BCUT2D eigenvalue weighted by atomic mass is 16.1. The van der Waals surface area contributed by atoms with Gasteiger partial charge < -0.3 is 0 Å². The third-order valence-corrected chi connectivity index (χ3v) is 5.94. The first kappa shape index (κ1) is 11.0. The molecule has 2 bridgehead atoms. The van der Waals surface area contributed by atoms with Gasteiger partial charge in [0.15, 0.2) is 5.78 Å². The lowest BCUT2D eigenvalue weighted by Gasteiger charge is -2.09. The minimum atomic E-state index is 0.314. The van der Waals surface area contributed by atoms with Gasteiger partial charge in [-0.25, -0.2) is 0 Å². The van der Waals surface area contributed by atoms with Crippen molar-refractivity contribution in [1.82, 2.24) is 4.98 Å². The topological polar surface area (TPSA) is 30.0 Å². The Morgan fingerprint density at radius 1 is 1.05 bits per heavy atom. The van der Waals surface area contributed by atoms with Crippen LogP contribution in [0.15, 0.2) is 36.5 Å². The van der Waals surface area contributed by atoms with E-state index < -0.39 is 0 Å². The maximum absolute atomic E-state index is 12.9. The van der Waals surface area contributed by atoms with E-state index in [1.165, 1.54) is 19.3 Å². The SMILES string of the molecule is O=C(c1cccc2cccnc12)C1C2C3CCC(C3)C12. The van der Waals surface area contributed by atoms with Gasteiger partial charge in [-0.05, 0) is 55.1 Å². The molecule has 3 aliphatic carbocycles. The summed E-state index contributed by atoms with van der Waals surface area (Å²) in [7, 11) is 0. The highest BCUT2D eigenvalue weighted by Gasteiger charge is 2.67. The zero-order valence-corrected chi connectivity index (χ0v) is 11.3. The number of hydrogen-bond donors (Lipinski definition) is 0. The Labute approximate surface area is 118 Å². The van der Waals surface area contributed by atoms with Gasteiger partial charge in [0, 0.05) is 23.1 Å². The van der Waals surface area contributed by atoms with Crippen molar-refractivity contribution in [3.63, 3.8) is 0 Å². The molecule has 100 valence electrons. The second kappa shape index (κ2) is 3.69. The lowest BCUT2D eigenvalue weighted by atomic mass is 9.95. The van der Waals surface area contributed by atoms with Crippen molar-refractivity contribution in [3.8, 4) is 0 Å². The number of ketones is 1. The zero-order chi connectivity index (χ0) is 13.3. The highest BCUT2D eigenvalue weighted by molar-refractivity contribution is 6.09. The Kier molecular flexibility index (Phi) is 2.03. The smallest absolute Gasteiger partial charge is 0.168 e. The molecular formula is C18H17NO. The second-order valence-electron chi connectivity index (χ2n) is 6.76. The molecule has 1 heterocycles. The molecule has 1 aromatic carbocycles. The lowest BCUT2D eigenvalue weighted by molar-refractivity contribution is 0.0946. The summed E-state index contributed by atoms with van der Waals surface area (Å²) in [5, 5.41) is 1.08. The van der Waals surface area contributed by atoms with Crippen LogP contribution in [0.4, 0.5) is 0 Å². The summed E-state index contributed by atoms with van der Waals surface area (Å²) in [5.41, 5.74) is 1.74. The predicted octanol–water partition coefficient (Wildman–Crippen LogP) is 3.71. The third-order valence-electron chi connectivity index (χ3n) is 5.94. The first-order valence-electron chi connectivity index (χ1n) is 7.72. The molecular weight excluding hydrogens is 246 g/mol. The number of rotatable bonds is 2. The van der Waals surface area contributed by atoms with Crippen LogP contribution in [0.2, 0.25) is 0 Å². The number of para-hydroxylation sites is 1. The third kappa shape index (κ3) is 1.29. The molecule has 0 amide bonds. The van der Waals surface area contributed by atoms with Gasteiger partial charge in [0.2, 0.25) is 0 Å². The number of benzene rings is 1. The number of carbonyl (C=O) groups is 1. The Morgan fingerprint density at radius 3 is 2.60 bits per heavy atom. The first-order chi connectivity index (χ1) is 9.84. The average Bonchev–Trinajstić information content (AvgIpc) is 2.93. The Bertz CT molecular complexity index is 701. The fourth-order valence-corrected chi connectivity index (χ4v) is 5.16. The Hall–Kier alpha value is -1.70. The normalized spacial score (nSPS) is 37.1. The van der Waals surface area contributed by atoms with Crippen LogP contribution in [-0.2, 0) is 0 Å². The minimum Gasteiger partial charge on any atom is -0.294 e. The largest absolute Gasteiger partial charge is 0.294 e. The molecule has 0 spiro atoms. The number of Topliss-reactive ketones (excluding diaryl/α,β-unsaturated/α-hetero) is 1. The van der Waals surface area contributed by atoms with E-state index in [0.717, 1.165) is 28.3 Å². The monoisotopic (exact) mass is 263 g/mol. The summed E-state index contributed by atoms with van der Waals surface area (Å²) in [6, 6.07) is 9.97. The first-order valence-corrected chi connectivity index (χ1v) is 7.72. The number of fused-ring (bicyclic) bond motifs is 6. The van der Waals surface area contributed by atoms with E-state index in [2.05, 4.69) is 4.98 Å². The Morgan fingerprint density at radius 2 is 1.80 bits per heavy atom. The summed E-state index contributed by atoms with van der Waals surface area (Å²) in [4.78, 5) is 17.4. The van der Waals surface area contributed by atoms with Crippen LogP contribution in [0.3, 0.4) is 0 Å². The summed E-state index contributed by atoms with van der Waals surface area (Å²) in [6.45, 7) is 0. The van der Waals surface area contributed by atoms with Crippen LogP contribution >= 0.6 is 0 Å². The number of pyridine rings is 1. The summed E-state index contributed by atoms with van der Waals surface area (Å²) in [6.07, 6.45) is 5.91. The molecule has 3 saturated carbocycles. The van der Waals surface area contributed by atoms with Crippen molar-refractivity contribution < 1.29 is 4.79 Å². The quantitative estimate of drug-likeness (QED) is 0.773. The van der Waals surface area contributed by atoms with Crippen LogP contribution in [0.5, 0.6) is 0 Å². The van der Waals surface area contributed by atoms with E-state index in [1.54, 1.807) is 6.20 Å². The Balaban J connectivity index is 1.55. The van der Waals surface area contributed by atoms with Crippen molar-refractivity contribution in [1.29, 1.82) is 0 Å². The fourth-order valence-electron chi connectivity index (χ4n) is 5.16. The average molecular weight is 263 g/mol. The highest BCUT2D eigenvalue weighted by Crippen LogP contribution is 2.70. The van der Waals surface area contributed by atoms with E-state index in [4.69, 9.17) is 0 Å². The van der Waals surface area contributed by atoms with Crippen molar-refractivity contribution in [3.05, 3.63) is 42.1 Å². The molecule has 0 aliphatic heterocycles. The molecule has 4 unspecified atom stereocenters. The van der Waals surface area contributed by atoms with Gasteiger partial charge in [0.25, 0.3) is 0 Å². The van der Waals surface area contributed by atoms with Crippen molar-refractivity contribution >= 4 is 16.7 Å². The van der Waals surface area contributed by atoms with Crippen LogP contribution in [0, 0.1) is 29.6 Å². The van der Waals surface area contributed by atoms with Gasteiger partial charge in [-0.1, -0.05) is 18.2 Å². The molecule has 0 radical (unpaired) electrons. The van der Waals surface area contributed by atoms with E-state index >= 15 is 0 Å². The summed E-state index contributed by atoms with van der Waals surface area (Å²) >= 11 is 0. The van der Waals surface area contributed by atoms with Gasteiger partial charge in [-0.3, -0.25) is 9.78 Å². The molecule has 0 N–H and O–H groups in total. The molecule has 5 rings (SSSR count). The van der Waals surface area contributed by atoms with E-state index in [1.807, 2.05) is 30.3 Å². The minimum absolute atomic E-state index is 0.314. The van der Waals surface area contributed by atoms with Crippen molar-refractivity contribution in [2.45, 2.75) is 19.3 Å². The number of nitrogens with zero attached hydrogens (tertiary/aromatic N) is 1. The number of carbonyl (C=O) groups excluding carboxylic acids is 1. The molecule has 0 saturated heterocycles. The second-order valence-corrected chi connectivity index (χ2v) is 6.76. The molecule has 4 atom stereocenters. The van der Waals surface area contributed by atoms with Gasteiger partial charge in [0.1, 0.15) is 0 Å². The molecule has 20 heavy (non-hydrogen) atoms. The molecule has 3 aliphatic rings. The summed E-state index contributed by atoms with van der Waals surface area (Å²) < 4.78 is 0. The van der Waals surface area contributed by atoms with Crippen LogP contribution in [0.1, 0.15) is 29.6 Å². The van der Waals surface area contributed by atoms with E-state index in [-0.39, 0.29) is 0 Å². The molecule has 2 nitrogen and oxygen atoms in total.